The van der Waals surface area contributed by atoms with E-state index in [4.69, 9.17) is 0 Å². The average Bonchev–Trinajstić information content (AvgIpc) is 2.95. The molecule has 1 heterocycles. The number of nitrogens with one attached hydrogen (secondary N) is 2. The van der Waals surface area contributed by atoms with Crippen molar-refractivity contribution >= 4 is 29.4 Å². The zero-order valence-electron chi connectivity index (χ0n) is 13.4. The van der Waals surface area contributed by atoms with Crippen molar-refractivity contribution < 1.29 is 9.59 Å². The predicted octanol–water partition coefficient (Wildman–Crippen LogP) is 1.25. The number of benzene rings is 1. The van der Waals surface area contributed by atoms with Gasteiger partial charge >= 0.3 is 0 Å². The van der Waals surface area contributed by atoms with E-state index >= 15 is 0 Å². The molecule has 0 bridgehead atoms. The maximum Gasteiger partial charge on any atom is 0.245 e. The Hall–Kier alpha value is -2.70. The van der Waals surface area contributed by atoms with E-state index < -0.39 is 0 Å². The molecule has 1 aromatic rings. The van der Waals surface area contributed by atoms with Crippen molar-refractivity contribution in [2.45, 2.75) is 26.7 Å². The summed E-state index contributed by atoms with van der Waals surface area (Å²) in [5, 5.41) is 7.68. The lowest BCUT2D eigenvalue weighted by molar-refractivity contribution is -0.119. The van der Waals surface area contributed by atoms with Gasteiger partial charge in [-0.15, -0.1) is 0 Å². The van der Waals surface area contributed by atoms with Gasteiger partial charge in [0.25, 0.3) is 0 Å². The third kappa shape index (κ3) is 4.91. The summed E-state index contributed by atoms with van der Waals surface area (Å²) in [7, 11) is 0. The molecule has 0 saturated carbocycles. The van der Waals surface area contributed by atoms with Gasteiger partial charge in [0.2, 0.25) is 11.8 Å². The fourth-order valence-electron chi connectivity index (χ4n) is 2.27. The Kier molecular flexibility index (Phi) is 5.85. The molecule has 0 fully saturated rings. The SMILES string of the molecule is CCN(CC)c1ccc(/C=N/NC(=O)CC2=NNC(=O)C2)cc1. The lowest BCUT2D eigenvalue weighted by atomic mass is 10.2. The summed E-state index contributed by atoms with van der Waals surface area (Å²) >= 11 is 0. The first-order chi connectivity index (χ1) is 11.1. The minimum atomic E-state index is -0.295. The molecule has 1 aliphatic heterocycles. The average molecular weight is 315 g/mol. The maximum atomic E-state index is 11.7. The molecule has 0 aromatic heterocycles. The molecule has 2 rings (SSSR count). The maximum absolute atomic E-state index is 11.7. The Bertz CT molecular complexity index is 618. The van der Waals surface area contributed by atoms with Crippen LogP contribution in [0.25, 0.3) is 0 Å². The predicted molar refractivity (Wildman–Crippen MR) is 90.6 cm³/mol. The lowest BCUT2D eigenvalue weighted by Gasteiger charge is -2.20. The van der Waals surface area contributed by atoms with E-state index in [0.29, 0.717) is 5.71 Å². The van der Waals surface area contributed by atoms with Crippen molar-refractivity contribution in [2.75, 3.05) is 18.0 Å². The van der Waals surface area contributed by atoms with Crippen molar-refractivity contribution in [3.05, 3.63) is 29.8 Å². The number of hydrogen-bond acceptors (Lipinski definition) is 5. The molecule has 2 amide bonds. The molecule has 0 unspecified atom stereocenters. The van der Waals surface area contributed by atoms with Crippen LogP contribution < -0.4 is 15.8 Å². The van der Waals surface area contributed by atoms with Gasteiger partial charge in [-0.3, -0.25) is 9.59 Å². The Morgan fingerprint density at radius 3 is 2.61 bits per heavy atom. The first kappa shape index (κ1) is 16.7. The van der Waals surface area contributed by atoms with Crippen molar-refractivity contribution in [2.24, 2.45) is 10.2 Å². The van der Waals surface area contributed by atoms with Gasteiger partial charge in [0, 0.05) is 18.8 Å². The second-order valence-corrected chi connectivity index (χ2v) is 5.12. The summed E-state index contributed by atoms with van der Waals surface area (Å²) in [6, 6.07) is 7.96. The first-order valence-corrected chi connectivity index (χ1v) is 7.63. The molecule has 0 spiro atoms. The number of amides is 2. The van der Waals surface area contributed by atoms with Gasteiger partial charge < -0.3 is 4.90 Å². The smallest absolute Gasteiger partial charge is 0.245 e. The van der Waals surface area contributed by atoms with Gasteiger partial charge in [-0.1, -0.05) is 12.1 Å². The van der Waals surface area contributed by atoms with Crippen LogP contribution in [0.4, 0.5) is 5.69 Å². The van der Waals surface area contributed by atoms with Crippen molar-refractivity contribution in [1.29, 1.82) is 0 Å². The van der Waals surface area contributed by atoms with Crippen LogP contribution in [0, 0.1) is 0 Å². The van der Waals surface area contributed by atoms with Gasteiger partial charge in [-0.2, -0.15) is 10.2 Å². The van der Waals surface area contributed by atoms with Crippen LogP contribution in [0.2, 0.25) is 0 Å². The second-order valence-electron chi connectivity index (χ2n) is 5.12. The van der Waals surface area contributed by atoms with E-state index in [9.17, 15) is 9.59 Å². The number of carbonyl (C=O) groups is 2. The third-order valence-corrected chi connectivity index (χ3v) is 3.49. The minimum Gasteiger partial charge on any atom is -0.372 e. The van der Waals surface area contributed by atoms with E-state index in [2.05, 4.69) is 39.8 Å². The topological polar surface area (TPSA) is 86.2 Å². The van der Waals surface area contributed by atoms with E-state index in [0.717, 1.165) is 24.3 Å². The highest BCUT2D eigenvalue weighted by atomic mass is 16.2. The van der Waals surface area contributed by atoms with Crippen LogP contribution in [-0.4, -0.2) is 36.8 Å². The van der Waals surface area contributed by atoms with Crippen molar-refractivity contribution in [3.63, 3.8) is 0 Å². The van der Waals surface area contributed by atoms with Crippen LogP contribution in [0.3, 0.4) is 0 Å². The highest BCUT2D eigenvalue weighted by Crippen LogP contribution is 2.13. The minimum absolute atomic E-state index is 0.0664. The Morgan fingerprint density at radius 1 is 1.35 bits per heavy atom. The number of hydrazone groups is 2. The molecule has 0 aliphatic carbocycles. The molecule has 122 valence electrons. The monoisotopic (exact) mass is 315 g/mol. The Morgan fingerprint density at radius 2 is 2.04 bits per heavy atom. The number of rotatable bonds is 7. The molecule has 23 heavy (non-hydrogen) atoms. The summed E-state index contributed by atoms with van der Waals surface area (Å²) in [5.41, 5.74) is 7.32. The van der Waals surface area contributed by atoms with Crippen molar-refractivity contribution in [1.82, 2.24) is 10.9 Å². The molecule has 0 radical (unpaired) electrons. The van der Waals surface area contributed by atoms with Crippen LogP contribution in [0.5, 0.6) is 0 Å². The summed E-state index contributed by atoms with van der Waals surface area (Å²) in [6.07, 6.45) is 1.82. The van der Waals surface area contributed by atoms with Gasteiger partial charge in [-0.25, -0.2) is 10.9 Å². The van der Waals surface area contributed by atoms with Crippen LogP contribution >= 0.6 is 0 Å². The highest BCUT2D eigenvalue weighted by Gasteiger charge is 2.16. The van der Waals surface area contributed by atoms with Crippen LogP contribution in [0.1, 0.15) is 32.3 Å². The largest absolute Gasteiger partial charge is 0.372 e. The second kappa shape index (κ2) is 8.07. The number of nitrogens with zero attached hydrogens (tertiary/aromatic N) is 3. The molecule has 0 atom stereocenters. The Balaban J connectivity index is 1.83. The fraction of sp³-hybridized carbons (Fsp3) is 0.375. The summed E-state index contributed by atoms with van der Waals surface area (Å²) in [5.74, 6) is -0.485. The normalized spacial score (nSPS) is 13.8. The summed E-state index contributed by atoms with van der Waals surface area (Å²) in [4.78, 5) is 24.9. The molecular weight excluding hydrogens is 294 g/mol. The quantitative estimate of drug-likeness (QED) is 0.586. The van der Waals surface area contributed by atoms with E-state index in [1.807, 2.05) is 24.3 Å². The molecule has 2 N–H and O–H groups in total. The lowest BCUT2D eigenvalue weighted by Crippen LogP contribution is -2.21. The van der Waals surface area contributed by atoms with Crippen LogP contribution in [0.15, 0.2) is 34.5 Å². The molecule has 7 heteroatoms. The molecule has 7 nitrogen and oxygen atoms in total. The number of anilines is 1. The van der Waals surface area contributed by atoms with Crippen LogP contribution in [-0.2, 0) is 9.59 Å². The molecule has 1 aromatic carbocycles. The van der Waals surface area contributed by atoms with Crippen molar-refractivity contribution in [3.8, 4) is 0 Å². The third-order valence-electron chi connectivity index (χ3n) is 3.49. The van der Waals surface area contributed by atoms with E-state index in [-0.39, 0.29) is 24.7 Å². The van der Waals surface area contributed by atoms with Gasteiger partial charge in [0.15, 0.2) is 0 Å². The highest BCUT2D eigenvalue weighted by molar-refractivity contribution is 6.11. The summed E-state index contributed by atoms with van der Waals surface area (Å²) in [6.45, 7) is 6.15. The van der Waals surface area contributed by atoms with E-state index in [1.54, 1.807) is 6.21 Å². The molecule has 0 saturated heterocycles. The molecular formula is C16H21N5O2. The molecule has 1 aliphatic rings. The Labute approximate surface area is 135 Å². The number of hydrogen-bond donors (Lipinski definition) is 2. The summed E-state index contributed by atoms with van der Waals surface area (Å²) < 4.78 is 0. The number of carbonyl (C=O) groups excluding carboxylic acids is 2. The van der Waals surface area contributed by atoms with Gasteiger partial charge in [0.1, 0.15) is 0 Å². The fourth-order valence-corrected chi connectivity index (χ4v) is 2.27. The van der Waals surface area contributed by atoms with Gasteiger partial charge in [0.05, 0.1) is 24.8 Å². The van der Waals surface area contributed by atoms with E-state index in [1.165, 1.54) is 0 Å². The zero-order valence-corrected chi connectivity index (χ0v) is 13.4. The first-order valence-electron chi connectivity index (χ1n) is 7.63. The zero-order chi connectivity index (χ0) is 16.7. The van der Waals surface area contributed by atoms with Gasteiger partial charge in [-0.05, 0) is 31.5 Å². The standard InChI is InChI=1S/C16H21N5O2/c1-3-21(4-2)14-7-5-12(6-8-14)11-17-19-15(22)9-13-10-16(23)20-18-13/h5-8,11H,3-4,9-10H2,1-2H3,(H,19,22)(H,20,23)/b17-11+.